The maximum Gasteiger partial charge on any atom is 0.240 e. The molecular weight excluding hydrogens is 376 g/mol. The predicted octanol–water partition coefficient (Wildman–Crippen LogP) is 2.40. The van der Waals surface area contributed by atoms with Crippen LogP contribution >= 0.6 is 11.6 Å². The Morgan fingerprint density at radius 2 is 1.65 bits per heavy atom. The molecule has 1 amide bonds. The zero-order valence-corrected chi connectivity index (χ0v) is 15.5. The fourth-order valence-electron chi connectivity index (χ4n) is 2.19. The first-order chi connectivity index (χ1) is 12.4. The van der Waals surface area contributed by atoms with Crippen LogP contribution in [-0.2, 0) is 14.8 Å². The number of nitrogens with one attached hydrogen (secondary N) is 2. The predicted molar refractivity (Wildman–Crippen MR) is 99.7 cm³/mol. The highest BCUT2D eigenvalue weighted by Crippen LogP contribution is 2.14. The summed E-state index contributed by atoms with van der Waals surface area (Å²) < 4.78 is 26.5. The van der Waals surface area contributed by atoms with Gasteiger partial charge in [-0.25, -0.2) is 13.1 Å². The van der Waals surface area contributed by atoms with Gasteiger partial charge in [0.15, 0.2) is 5.78 Å². The molecule has 0 heterocycles. The summed E-state index contributed by atoms with van der Waals surface area (Å²) in [4.78, 5) is 23.7. The summed E-state index contributed by atoms with van der Waals surface area (Å²) in [7, 11) is -3.68. The molecule has 138 valence electrons. The number of carbonyl (C=O) groups excluding carboxylic acids is 2. The second-order valence-corrected chi connectivity index (χ2v) is 7.70. The maximum absolute atomic E-state index is 12.1. The molecule has 0 bridgehead atoms. The molecule has 0 saturated carbocycles. The van der Waals surface area contributed by atoms with Crippen LogP contribution in [0.2, 0.25) is 5.02 Å². The lowest BCUT2D eigenvalue weighted by atomic mass is 10.1. The molecule has 0 aliphatic heterocycles. The number of benzene rings is 2. The van der Waals surface area contributed by atoms with Crippen molar-refractivity contribution >= 4 is 33.3 Å². The van der Waals surface area contributed by atoms with Gasteiger partial charge in [0.05, 0.1) is 4.90 Å². The lowest BCUT2D eigenvalue weighted by Gasteiger charge is -2.08. The smallest absolute Gasteiger partial charge is 0.240 e. The molecule has 0 saturated heterocycles. The number of Topliss-reactive ketones (excluding diaryl/α,β-unsaturated/α-hetero) is 1. The molecular formula is C18H19ClN2O4S. The van der Waals surface area contributed by atoms with Crippen molar-refractivity contribution in [2.75, 3.05) is 13.1 Å². The molecule has 26 heavy (non-hydrogen) atoms. The quantitative estimate of drug-likeness (QED) is 0.504. The number of carbonyl (C=O) groups is 2. The van der Waals surface area contributed by atoms with Gasteiger partial charge >= 0.3 is 0 Å². The van der Waals surface area contributed by atoms with E-state index in [0.717, 1.165) is 0 Å². The number of hydrogen-bond acceptors (Lipinski definition) is 4. The average molecular weight is 395 g/mol. The molecule has 2 rings (SSSR count). The van der Waals surface area contributed by atoms with E-state index in [1.807, 2.05) is 6.07 Å². The molecule has 0 radical (unpaired) electrons. The third kappa shape index (κ3) is 6.25. The molecule has 0 unspecified atom stereocenters. The second-order valence-electron chi connectivity index (χ2n) is 5.49. The Morgan fingerprint density at radius 3 is 2.35 bits per heavy atom. The minimum atomic E-state index is -3.68. The van der Waals surface area contributed by atoms with Gasteiger partial charge in [-0.2, -0.15) is 0 Å². The first-order valence-electron chi connectivity index (χ1n) is 7.99. The number of halogens is 1. The van der Waals surface area contributed by atoms with Crippen LogP contribution in [0.1, 0.15) is 23.2 Å². The Hall–Kier alpha value is -2.22. The van der Waals surface area contributed by atoms with Crippen LogP contribution in [0.4, 0.5) is 0 Å². The summed E-state index contributed by atoms with van der Waals surface area (Å²) in [5, 5.41) is 2.90. The Balaban J connectivity index is 1.71. The van der Waals surface area contributed by atoms with Gasteiger partial charge in [-0.15, -0.1) is 0 Å². The standard InChI is InChI=1S/C18H19ClN2O4S/c19-15-7-4-8-16(13-15)26(24,25)21-12-11-20-18(23)10-9-17(22)14-5-2-1-3-6-14/h1-8,13,21H,9-12H2,(H,20,23). The topological polar surface area (TPSA) is 92.3 Å². The van der Waals surface area contributed by atoms with E-state index in [2.05, 4.69) is 10.0 Å². The third-order valence-electron chi connectivity index (χ3n) is 3.52. The number of amides is 1. The average Bonchev–Trinajstić information content (AvgIpc) is 2.64. The lowest BCUT2D eigenvalue weighted by molar-refractivity contribution is -0.121. The molecule has 8 heteroatoms. The minimum Gasteiger partial charge on any atom is -0.355 e. The van der Waals surface area contributed by atoms with Gasteiger partial charge in [0, 0.05) is 36.5 Å². The normalized spacial score (nSPS) is 11.1. The van der Waals surface area contributed by atoms with Crippen LogP contribution in [0.25, 0.3) is 0 Å². The molecule has 2 aromatic carbocycles. The van der Waals surface area contributed by atoms with Crippen LogP contribution in [-0.4, -0.2) is 33.2 Å². The van der Waals surface area contributed by atoms with Crippen molar-refractivity contribution in [1.82, 2.24) is 10.0 Å². The van der Waals surface area contributed by atoms with Crippen LogP contribution < -0.4 is 10.0 Å². The Kier molecular flexibility index (Phi) is 7.32. The van der Waals surface area contributed by atoms with E-state index >= 15 is 0 Å². The Bertz CT molecular complexity index is 870. The zero-order valence-electron chi connectivity index (χ0n) is 13.9. The SMILES string of the molecule is O=C(CCC(=O)c1ccccc1)NCCNS(=O)(=O)c1cccc(Cl)c1. The lowest BCUT2D eigenvalue weighted by Crippen LogP contribution is -2.34. The van der Waals surface area contributed by atoms with Gasteiger partial charge in [0.25, 0.3) is 0 Å². The van der Waals surface area contributed by atoms with Gasteiger partial charge in [-0.3, -0.25) is 9.59 Å². The maximum atomic E-state index is 12.1. The Labute approximate surface area is 157 Å². The Morgan fingerprint density at radius 1 is 0.923 bits per heavy atom. The number of rotatable bonds is 9. The molecule has 6 nitrogen and oxygen atoms in total. The van der Waals surface area contributed by atoms with Crippen molar-refractivity contribution < 1.29 is 18.0 Å². The van der Waals surface area contributed by atoms with Gasteiger partial charge in [-0.1, -0.05) is 48.0 Å². The van der Waals surface area contributed by atoms with E-state index in [0.29, 0.717) is 10.6 Å². The molecule has 0 aliphatic carbocycles. The fourth-order valence-corrected chi connectivity index (χ4v) is 3.52. The third-order valence-corrected chi connectivity index (χ3v) is 5.21. The molecule has 2 N–H and O–H groups in total. The summed E-state index contributed by atoms with van der Waals surface area (Å²) in [6, 6.07) is 14.6. The first-order valence-corrected chi connectivity index (χ1v) is 9.85. The van der Waals surface area contributed by atoms with Crippen molar-refractivity contribution in [2.24, 2.45) is 0 Å². The van der Waals surface area contributed by atoms with Crippen molar-refractivity contribution in [2.45, 2.75) is 17.7 Å². The van der Waals surface area contributed by atoms with Gasteiger partial charge in [-0.05, 0) is 18.2 Å². The summed E-state index contributed by atoms with van der Waals surface area (Å²) in [5.41, 5.74) is 0.564. The molecule has 0 aliphatic rings. The molecule has 0 spiro atoms. The summed E-state index contributed by atoms with van der Waals surface area (Å²) in [5.74, 6) is -0.418. The minimum absolute atomic E-state index is 0.0349. The zero-order chi connectivity index (χ0) is 19.0. The second kappa shape index (κ2) is 9.47. The van der Waals surface area contributed by atoms with Gasteiger partial charge < -0.3 is 5.32 Å². The van der Waals surface area contributed by atoms with Crippen molar-refractivity contribution in [3.05, 3.63) is 65.2 Å². The van der Waals surface area contributed by atoms with Gasteiger partial charge in [0.1, 0.15) is 0 Å². The van der Waals surface area contributed by atoms with Crippen molar-refractivity contribution in [3.63, 3.8) is 0 Å². The number of ketones is 1. The largest absolute Gasteiger partial charge is 0.355 e. The highest BCUT2D eigenvalue weighted by molar-refractivity contribution is 7.89. The van der Waals surface area contributed by atoms with E-state index < -0.39 is 10.0 Å². The van der Waals surface area contributed by atoms with E-state index in [-0.39, 0.29) is 42.5 Å². The summed E-state index contributed by atoms with van der Waals surface area (Å²) in [6.45, 7) is 0.158. The van der Waals surface area contributed by atoms with E-state index in [1.165, 1.54) is 12.1 Å². The van der Waals surface area contributed by atoms with Crippen molar-refractivity contribution in [3.8, 4) is 0 Å². The summed E-state index contributed by atoms with van der Waals surface area (Å²) in [6.07, 6.45) is 0.152. The molecule has 0 atom stereocenters. The molecule has 0 aromatic heterocycles. The number of hydrogen-bond donors (Lipinski definition) is 2. The highest BCUT2D eigenvalue weighted by Gasteiger charge is 2.14. The van der Waals surface area contributed by atoms with Crippen LogP contribution in [0.5, 0.6) is 0 Å². The monoisotopic (exact) mass is 394 g/mol. The van der Waals surface area contributed by atoms with Crippen LogP contribution in [0.3, 0.4) is 0 Å². The van der Waals surface area contributed by atoms with Crippen molar-refractivity contribution in [1.29, 1.82) is 0 Å². The van der Waals surface area contributed by atoms with Crippen LogP contribution in [0.15, 0.2) is 59.5 Å². The highest BCUT2D eigenvalue weighted by atomic mass is 35.5. The molecule has 0 fully saturated rings. The van der Waals surface area contributed by atoms with Crippen LogP contribution in [0, 0.1) is 0 Å². The first kappa shape index (κ1) is 20.1. The number of sulfonamides is 1. The summed E-state index contributed by atoms with van der Waals surface area (Å²) >= 11 is 5.78. The fraction of sp³-hybridized carbons (Fsp3) is 0.222. The van der Waals surface area contributed by atoms with E-state index in [1.54, 1.807) is 36.4 Å². The molecule has 2 aromatic rings. The van der Waals surface area contributed by atoms with E-state index in [9.17, 15) is 18.0 Å². The van der Waals surface area contributed by atoms with E-state index in [4.69, 9.17) is 11.6 Å². The van der Waals surface area contributed by atoms with Gasteiger partial charge in [0.2, 0.25) is 15.9 Å².